The lowest BCUT2D eigenvalue weighted by Crippen LogP contribution is -2.16. The third-order valence-corrected chi connectivity index (χ3v) is 3.36. The van der Waals surface area contributed by atoms with Crippen LogP contribution in [0.4, 0.5) is 0 Å². The van der Waals surface area contributed by atoms with Crippen LogP contribution in [-0.2, 0) is 0 Å². The highest BCUT2D eigenvalue weighted by atomic mass is 35.5. The Morgan fingerprint density at radius 1 is 1.22 bits per heavy atom. The lowest BCUT2D eigenvalue weighted by molar-refractivity contribution is 0.0929. The molecule has 3 rings (SSSR count). The summed E-state index contributed by atoms with van der Waals surface area (Å²) in [5.41, 5.74) is 4.30. The van der Waals surface area contributed by atoms with Gasteiger partial charge >= 0.3 is 5.91 Å². The predicted molar refractivity (Wildman–Crippen MR) is 87.4 cm³/mol. The summed E-state index contributed by atoms with van der Waals surface area (Å²) in [7, 11) is 0. The van der Waals surface area contributed by atoms with Crippen LogP contribution in [0.2, 0.25) is 5.02 Å². The lowest BCUT2D eigenvalue weighted by Gasteiger charge is -1.95. The number of nitrogens with zero attached hydrogens (tertiary/aromatic N) is 2. The van der Waals surface area contributed by atoms with E-state index in [0.717, 1.165) is 10.9 Å². The van der Waals surface area contributed by atoms with E-state index in [0.29, 0.717) is 16.2 Å². The molecule has 0 aliphatic carbocycles. The van der Waals surface area contributed by atoms with Crippen LogP contribution in [0.25, 0.3) is 11.0 Å². The number of hydrogen-bond donors (Lipinski definition) is 1. The van der Waals surface area contributed by atoms with Gasteiger partial charge in [0.25, 0.3) is 0 Å². The minimum atomic E-state index is -0.456. The van der Waals surface area contributed by atoms with Crippen LogP contribution < -0.4 is 5.43 Å². The summed E-state index contributed by atoms with van der Waals surface area (Å²) in [5.74, 6) is -0.304. The molecule has 5 nitrogen and oxygen atoms in total. The number of fused-ring (bicyclic) bond motifs is 1. The van der Waals surface area contributed by atoms with Crippen LogP contribution >= 0.6 is 11.6 Å². The number of amides is 1. The van der Waals surface area contributed by atoms with Gasteiger partial charge in [0.05, 0.1) is 17.8 Å². The molecule has 0 aliphatic rings. The molecule has 1 aromatic heterocycles. The van der Waals surface area contributed by atoms with Gasteiger partial charge in [0.2, 0.25) is 0 Å². The molecular weight excluding hydrogens is 314 g/mol. The maximum Gasteiger partial charge on any atom is 0.307 e. The average molecular weight is 324 g/mol. The zero-order valence-electron chi connectivity index (χ0n) is 11.8. The van der Waals surface area contributed by atoms with Crippen molar-refractivity contribution in [3.05, 3.63) is 70.4 Å². The van der Waals surface area contributed by atoms with E-state index in [9.17, 15) is 4.79 Å². The summed E-state index contributed by atoms with van der Waals surface area (Å²) < 4.78 is 5.44. The average Bonchev–Trinajstić information content (AvgIpc) is 2.98. The van der Waals surface area contributed by atoms with E-state index >= 15 is 0 Å². The third-order valence-electron chi connectivity index (χ3n) is 3.12. The summed E-state index contributed by atoms with van der Waals surface area (Å²) in [6.07, 6.45) is 1.48. The van der Waals surface area contributed by atoms with Crippen LogP contribution in [0.15, 0.2) is 58.0 Å². The number of hydrogen-bond acceptors (Lipinski definition) is 4. The fourth-order valence-corrected chi connectivity index (χ4v) is 2.17. The van der Waals surface area contributed by atoms with Gasteiger partial charge in [-0.25, -0.2) is 5.43 Å². The molecule has 3 aromatic rings. The fourth-order valence-electron chi connectivity index (χ4n) is 1.99. The molecule has 112 valence electrons. The molecule has 0 aliphatic heterocycles. The minimum Gasteiger partial charge on any atom is -0.451 e. The maximum atomic E-state index is 12.0. The van der Waals surface area contributed by atoms with Gasteiger partial charge < -0.3 is 4.42 Å². The van der Waals surface area contributed by atoms with E-state index < -0.39 is 5.91 Å². The van der Waals surface area contributed by atoms with Crippen molar-refractivity contribution in [2.45, 2.75) is 0 Å². The Morgan fingerprint density at radius 2 is 2.00 bits per heavy atom. The van der Waals surface area contributed by atoms with Gasteiger partial charge in [-0.3, -0.25) is 4.79 Å². The monoisotopic (exact) mass is 323 g/mol. The molecule has 0 saturated heterocycles. The van der Waals surface area contributed by atoms with E-state index in [1.165, 1.54) is 6.21 Å². The van der Waals surface area contributed by atoms with Crippen LogP contribution in [0, 0.1) is 11.3 Å². The number of nitrogens with one attached hydrogen (secondary N) is 1. The van der Waals surface area contributed by atoms with E-state index in [-0.39, 0.29) is 5.76 Å². The molecule has 0 unspecified atom stereocenters. The second-order valence-electron chi connectivity index (χ2n) is 4.73. The van der Waals surface area contributed by atoms with Gasteiger partial charge in [-0.2, -0.15) is 10.4 Å². The van der Waals surface area contributed by atoms with Crippen molar-refractivity contribution < 1.29 is 9.21 Å². The maximum absolute atomic E-state index is 12.0. The first-order chi connectivity index (χ1) is 11.2. The van der Waals surface area contributed by atoms with Gasteiger partial charge in [-0.1, -0.05) is 23.7 Å². The molecule has 1 amide bonds. The SMILES string of the molecule is N#Cc1ccc(/C=N/NC(=O)c2cc3cc(Cl)ccc3o2)cc1. The van der Waals surface area contributed by atoms with Crippen LogP contribution in [0.1, 0.15) is 21.7 Å². The molecule has 0 atom stereocenters. The molecule has 2 aromatic carbocycles. The Kier molecular flexibility index (Phi) is 4.09. The Morgan fingerprint density at radius 3 is 2.74 bits per heavy atom. The van der Waals surface area contributed by atoms with E-state index in [4.69, 9.17) is 21.3 Å². The third kappa shape index (κ3) is 3.39. The molecule has 0 bridgehead atoms. The van der Waals surface area contributed by atoms with Gasteiger partial charge in [0.15, 0.2) is 5.76 Å². The van der Waals surface area contributed by atoms with Crippen molar-refractivity contribution >= 4 is 34.7 Å². The number of furan rings is 1. The molecule has 0 spiro atoms. The predicted octanol–water partition coefficient (Wildman–Crippen LogP) is 3.72. The number of halogens is 1. The highest BCUT2D eigenvalue weighted by Crippen LogP contribution is 2.22. The molecule has 0 saturated carbocycles. The highest BCUT2D eigenvalue weighted by molar-refractivity contribution is 6.31. The summed E-state index contributed by atoms with van der Waals surface area (Å²) in [6, 6.07) is 15.6. The smallest absolute Gasteiger partial charge is 0.307 e. The number of nitriles is 1. The normalized spacial score (nSPS) is 10.8. The van der Waals surface area contributed by atoms with Gasteiger partial charge in [-0.15, -0.1) is 0 Å². The second kappa shape index (κ2) is 6.34. The first kappa shape index (κ1) is 14.8. The molecule has 1 heterocycles. The van der Waals surface area contributed by atoms with Crippen molar-refractivity contribution in [3.63, 3.8) is 0 Å². The largest absolute Gasteiger partial charge is 0.451 e. The van der Waals surface area contributed by atoms with Gasteiger partial charge in [0, 0.05) is 10.4 Å². The molecule has 6 heteroatoms. The molecule has 0 fully saturated rings. The second-order valence-corrected chi connectivity index (χ2v) is 5.16. The number of benzene rings is 2. The molecule has 23 heavy (non-hydrogen) atoms. The topological polar surface area (TPSA) is 78.4 Å². The number of carbonyl (C=O) groups excluding carboxylic acids is 1. The summed E-state index contributed by atoms with van der Waals surface area (Å²) in [6.45, 7) is 0. The quantitative estimate of drug-likeness (QED) is 0.589. The molecule has 0 radical (unpaired) electrons. The molecular formula is C17H10ClN3O2. The zero-order valence-corrected chi connectivity index (χ0v) is 12.5. The van der Waals surface area contributed by atoms with Crippen LogP contribution in [0.5, 0.6) is 0 Å². The van der Waals surface area contributed by atoms with Crippen molar-refractivity contribution in [2.75, 3.05) is 0 Å². The van der Waals surface area contributed by atoms with Crippen LogP contribution in [0.3, 0.4) is 0 Å². The number of carbonyl (C=O) groups is 1. The Balaban J connectivity index is 1.70. The minimum absolute atomic E-state index is 0.152. The van der Waals surface area contributed by atoms with Crippen molar-refractivity contribution in [1.82, 2.24) is 5.43 Å². The Bertz CT molecular complexity index is 937. The lowest BCUT2D eigenvalue weighted by atomic mass is 10.2. The number of rotatable bonds is 3. The van der Waals surface area contributed by atoms with E-state index in [2.05, 4.69) is 10.5 Å². The van der Waals surface area contributed by atoms with Crippen molar-refractivity contribution in [2.24, 2.45) is 5.10 Å². The molecule has 1 N–H and O–H groups in total. The highest BCUT2D eigenvalue weighted by Gasteiger charge is 2.11. The summed E-state index contributed by atoms with van der Waals surface area (Å²) >= 11 is 5.89. The van der Waals surface area contributed by atoms with Gasteiger partial charge in [0.1, 0.15) is 5.58 Å². The van der Waals surface area contributed by atoms with Crippen LogP contribution in [-0.4, -0.2) is 12.1 Å². The summed E-state index contributed by atoms with van der Waals surface area (Å²) in [5, 5.41) is 13.9. The van der Waals surface area contributed by atoms with Crippen molar-refractivity contribution in [3.8, 4) is 6.07 Å². The Hall–Kier alpha value is -3.10. The van der Waals surface area contributed by atoms with Gasteiger partial charge in [-0.05, 0) is 42.0 Å². The van der Waals surface area contributed by atoms with E-state index in [1.807, 2.05) is 6.07 Å². The summed E-state index contributed by atoms with van der Waals surface area (Å²) in [4.78, 5) is 12.0. The standard InChI is InChI=1S/C17H10ClN3O2/c18-14-5-6-15-13(7-14)8-16(23-15)17(22)21-20-10-12-3-1-11(9-19)2-4-12/h1-8,10H,(H,21,22)/b20-10+. The first-order valence-corrected chi connectivity index (χ1v) is 7.06. The zero-order chi connectivity index (χ0) is 16.2. The fraction of sp³-hybridized carbons (Fsp3) is 0. The number of hydrazone groups is 1. The van der Waals surface area contributed by atoms with Crippen molar-refractivity contribution in [1.29, 1.82) is 5.26 Å². The van der Waals surface area contributed by atoms with E-state index in [1.54, 1.807) is 48.5 Å². The Labute approximate surface area is 136 Å². The first-order valence-electron chi connectivity index (χ1n) is 6.68.